The summed E-state index contributed by atoms with van der Waals surface area (Å²) in [5.74, 6) is 0.243. The van der Waals surface area contributed by atoms with Crippen molar-refractivity contribution in [1.29, 1.82) is 0 Å². The number of nitrogens with one attached hydrogen (secondary N) is 1. The van der Waals surface area contributed by atoms with E-state index in [1.165, 1.54) is 6.07 Å². The molecule has 3 rings (SSSR count). The smallest absolute Gasteiger partial charge is 0.336 e. The van der Waals surface area contributed by atoms with Crippen molar-refractivity contribution in [3.63, 3.8) is 0 Å². The van der Waals surface area contributed by atoms with Gasteiger partial charge in [0, 0.05) is 12.1 Å². The van der Waals surface area contributed by atoms with Gasteiger partial charge >= 0.3 is 6.01 Å². The molecular formula is C22H25FN4O2. The lowest BCUT2D eigenvalue weighted by Gasteiger charge is -2.08. The monoisotopic (exact) mass is 396 g/mol. The molecule has 0 bridgehead atoms. The zero-order chi connectivity index (χ0) is 20.8. The lowest BCUT2D eigenvalue weighted by molar-refractivity contribution is -0.116. The Labute approximate surface area is 169 Å². The van der Waals surface area contributed by atoms with Crippen molar-refractivity contribution in [1.82, 2.24) is 14.8 Å². The highest BCUT2D eigenvalue weighted by Gasteiger charge is 2.18. The summed E-state index contributed by atoms with van der Waals surface area (Å²) < 4.78 is 21.6. The number of amides is 1. The van der Waals surface area contributed by atoms with Crippen LogP contribution in [0.25, 0.3) is 17.1 Å². The molecule has 0 spiro atoms. The van der Waals surface area contributed by atoms with Gasteiger partial charge in [0.2, 0.25) is 5.91 Å². The van der Waals surface area contributed by atoms with E-state index in [0.717, 1.165) is 6.42 Å². The zero-order valence-electron chi connectivity index (χ0n) is 16.9. The summed E-state index contributed by atoms with van der Waals surface area (Å²) in [6.45, 7) is 6.47. The topological polar surface area (TPSA) is 69.0 Å². The molecule has 0 aliphatic heterocycles. The van der Waals surface area contributed by atoms with Crippen molar-refractivity contribution in [2.45, 2.75) is 33.6 Å². The van der Waals surface area contributed by atoms with Gasteiger partial charge in [0.25, 0.3) is 0 Å². The summed E-state index contributed by atoms with van der Waals surface area (Å²) in [5, 5.41) is 7.27. The molecule has 1 N–H and O–H groups in total. The number of anilines is 1. The molecule has 0 aliphatic carbocycles. The summed E-state index contributed by atoms with van der Waals surface area (Å²) in [7, 11) is 0. The van der Waals surface area contributed by atoms with E-state index in [9.17, 15) is 9.18 Å². The van der Waals surface area contributed by atoms with Crippen LogP contribution >= 0.6 is 0 Å². The lowest BCUT2D eigenvalue weighted by Crippen LogP contribution is -2.10. The molecule has 0 atom stereocenters. The van der Waals surface area contributed by atoms with Crippen LogP contribution in [0.3, 0.4) is 0 Å². The predicted molar refractivity (Wildman–Crippen MR) is 111 cm³/mol. The van der Waals surface area contributed by atoms with E-state index in [-0.39, 0.29) is 17.7 Å². The van der Waals surface area contributed by atoms with E-state index in [1.807, 2.05) is 20.8 Å². The van der Waals surface area contributed by atoms with Gasteiger partial charge in [-0.05, 0) is 48.7 Å². The van der Waals surface area contributed by atoms with Gasteiger partial charge in [0.1, 0.15) is 5.82 Å². The second-order valence-electron chi connectivity index (χ2n) is 7.16. The number of halogens is 1. The van der Waals surface area contributed by atoms with Crippen molar-refractivity contribution in [2.75, 3.05) is 11.9 Å². The van der Waals surface area contributed by atoms with E-state index in [2.05, 4.69) is 15.4 Å². The second kappa shape index (κ2) is 9.32. The zero-order valence-corrected chi connectivity index (χ0v) is 16.9. The minimum atomic E-state index is -0.389. The van der Waals surface area contributed by atoms with E-state index in [4.69, 9.17) is 4.74 Å². The second-order valence-corrected chi connectivity index (χ2v) is 7.16. The number of nitrogens with zero attached hydrogens (tertiary/aromatic N) is 3. The SMILES string of the molecule is CCCC(=O)Nc1ccc(-n2nc(OCC(C)C)nc2-c2ccccc2F)cc1. The van der Waals surface area contributed by atoms with Crippen LogP contribution in [0.2, 0.25) is 0 Å². The third kappa shape index (κ3) is 5.19. The highest BCUT2D eigenvalue weighted by Crippen LogP contribution is 2.26. The molecular weight excluding hydrogens is 371 g/mol. The first-order chi connectivity index (χ1) is 14.0. The first-order valence-electron chi connectivity index (χ1n) is 9.73. The van der Waals surface area contributed by atoms with Gasteiger partial charge in [-0.2, -0.15) is 4.98 Å². The van der Waals surface area contributed by atoms with E-state index < -0.39 is 0 Å². The van der Waals surface area contributed by atoms with Crippen molar-refractivity contribution < 1.29 is 13.9 Å². The molecule has 7 heteroatoms. The minimum Gasteiger partial charge on any atom is -0.462 e. The van der Waals surface area contributed by atoms with Crippen LogP contribution in [0.15, 0.2) is 48.5 Å². The number of benzene rings is 2. The Balaban J connectivity index is 1.94. The molecule has 1 aromatic heterocycles. The van der Waals surface area contributed by atoms with Gasteiger partial charge in [-0.25, -0.2) is 9.07 Å². The van der Waals surface area contributed by atoms with Gasteiger partial charge in [0.05, 0.1) is 17.9 Å². The van der Waals surface area contributed by atoms with Crippen LogP contribution < -0.4 is 10.1 Å². The van der Waals surface area contributed by atoms with Crippen molar-refractivity contribution in [2.24, 2.45) is 5.92 Å². The van der Waals surface area contributed by atoms with Crippen LogP contribution in [-0.4, -0.2) is 27.3 Å². The third-order valence-corrected chi connectivity index (χ3v) is 4.12. The van der Waals surface area contributed by atoms with Crippen LogP contribution in [-0.2, 0) is 4.79 Å². The van der Waals surface area contributed by atoms with Crippen LogP contribution in [0.1, 0.15) is 33.6 Å². The number of rotatable bonds is 8. The van der Waals surface area contributed by atoms with Gasteiger partial charge in [0.15, 0.2) is 5.82 Å². The Bertz CT molecular complexity index is 967. The average Bonchev–Trinajstić information content (AvgIpc) is 3.11. The van der Waals surface area contributed by atoms with Gasteiger partial charge in [-0.15, -0.1) is 5.10 Å². The maximum Gasteiger partial charge on any atom is 0.336 e. The van der Waals surface area contributed by atoms with Gasteiger partial charge in [-0.3, -0.25) is 4.79 Å². The quantitative estimate of drug-likeness (QED) is 0.591. The standard InChI is InChI=1S/C22H25FN4O2/c1-4-7-20(28)24-16-10-12-17(13-11-16)27-21(18-8-5-6-9-19(18)23)25-22(26-27)29-14-15(2)3/h5-6,8-13,15H,4,7,14H2,1-3H3,(H,24,28). The molecule has 0 unspecified atom stereocenters. The summed E-state index contributed by atoms with van der Waals surface area (Å²) in [4.78, 5) is 16.2. The Morgan fingerprint density at radius 1 is 1.17 bits per heavy atom. The highest BCUT2D eigenvalue weighted by atomic mass is 19.1. The van der Waals surface area contributed by atoms with Crippen LogP contribution in [0.5, 0.6) is 6.01 Å². The van der Waals surface area contributed by atoms with Gasteiger partial charge < -0.3 is 10.1 Å². The van der Waals surface area contributed by atoms with Crippen molar-refractivity contribution in [3.05, 3.63) is 54.3 Å². The molecule has 1 amide bonds. The molecule has 2 aromatic carbocycles. The molecule has 0 radical (unpaired) electrons. The average molecular weight is 396 g/mol. The van der Waals surface area contributed by atoms with E-state index >= 15 is 0 Å². The molecule has 1 heterocycles. The highest BCUT2D eigenvalue weighted by molar-refractivity contribution is 5.90. The molecule has 0 aliphatic rings. The number of carbonyl (C=O) groups excluding carboxylic acids is 1. The molecule has 0 fully saturated rings. The number of hydrogen-bond acceptors (Lipinski definition) is 4. The molecule has 3 aromatic rings. The molecule has 0 saturated carbocycles. The fourth-order valence-corrected chi connectivity index (χ4v) is 2.73. The molecule has 152 valence electrons. The first-order valence-corrected chi connectivity index (χ1v) is 9.73. The fraction of sp³-hybridized carbons (Fsp3) is 0.318. The third-order valence-electron chi connectivity index (χ3n) is 4.12. The van der Waals surface area contributed by atoms with Crippen molar-refractivity contribution >= 4 is 11.6 Å². The minimum absolute atomic E-state index is 0.0302. The lowest BCUT2D eigenvalue weighted by atomic mass is 10.2. The maximum atomic E-state index is 14.4. The summed E-state index contributed by atoms with van der Waals surface area (Å²) in [6, 6.07) is 13.8. The molecule has 29 heavy (non-hydrogen) atoms. The number of ether oxygens (including phenoxy) is 1. The Hall–Kier alpha value is -3.22. The molecule has 6 nitrogen and oxygen atoms in total. The first kappa shape index (κ1) is 20.5. The van der Waals surface area contributed by atoms with Crippen molar-refractivity contribution in [3.8, 4) is 23.1 Å². The van der Waals surface area contributed by atoms with Crippen LogP contribution in [0, 0.1) is 11.7 Å². The Morgan fingerprint density at radius 3 is 2.55 bits per heavy atom. The normalized spacial score (nSPS) is 10.9. The van der Waals surface area contributed by atoms with E-state index in [1.54, 1.807) is 47.1 Å². The number of hydrogen-bond donors (Lipinski definition) is 1. The predicted octanol–water partition coefficient (Wildman–Crippen LogP) is 4.85. The number of aromatic nitrogens is 3. The Kier molecular flexibility index (Phi) is 6.59. The Morgan fingerprint density at radius 2 is 1.90 bits per heavy atom. The largest absolute Gasteiger partial charge is 0.462 e. The summed E-state index contributed by atoms with van der Waals surface area (Å²) in [6.07, 6.45) is 1.26. The van der Waals surface area contributed by atoms with E-state index in [0.29, 0.717) is 41.7 Å². The fourth-order valence-electron chi connectivity index (χ4n) is 2.73. The van der Waals surface area contributed by atoms with Crippen LogP contribution in [0.4, 0.5) is 10.1 Å². The summed E-state index contributed by atoms with van der Waals surface area (Å²) in [5.41, 5.74) is 1.71. The number of carbonyl (C=O) groups is 1. The van der Waals surface area contributed by atoms with Gasteiger partial charge in [-0.1, -0.05) is 32.9 Å². The molecule has 0 saturated heterocycles. The maximum absolute atomic E-state index is 14.4. The summed E-state index contributed by atoms with van der Waals surface area (Å²) >= 11 is 0.